The summed E-state index contributed by atoms with van der Waals surface area (Å²) in [6.45, 7) is 12.2. The predicted octanol–water partition coefficient (Wildman–Crippen LogP) is 3.99. The van der Waals surface area contributed by atoms with Crippen LogP contribution in [0.15, 0.2) is 12.1 Å². The molecule has 0 spiro atoms. The summed E-state index contributed by atoms with van der Waals surface area (Å²) >= 11 is 1.19. The van der Waals surface area contributed by atoms with Crippen LogP contribution >= 0.6 is 11.5 Å². The van der Waals surface area contributed by atoms with Gasteiger partial charge in [0.1, 0.15) is 4.88 Å². The third kappa shape index (κ3) is 2.66. The molecule has 0 amide bonds. The second-order valence-electron chi connectivity index (χ2n) is 6.28. The number of nitrogens with zero attached hydrogens (tertiary/aromatic N) is 2. The number of aryl methyl sites for hydroxylation is 3. The van der Waals surface area contributed by atoms with Gasteiger partial charge in [0, 0.05) is 11.0 Å². The van der Waals surface area contributed by atoms with Crippen LogP contribution < -0.4 is 0 Å². The largest absolute Gasteiger partial charge is 0.288 e. The molecule has 0 bridgehead atoms. The monoisotopic (exact) mass is 288 g/mol. The Morgan fingerprint density at radius 2 is 1.65 bits per heavy atom. The average Bonchev–Trinajstić information content (AvgIpc) is 2.81. The first-order valence-corrected chi connectivity index (χ1v) is 7.44. The SMILES string of the molecule is Cc1cc(C)c(C(=O)c2snnc2C(C)(C)C)cc1C. The number of rotatable bonds is 2. The molecule has 0 saturated carbocycles. The van der Waals surface area contributed by atoms with Crippen molar-refractivity contribution in [1.82, 2.24) is 9.59 Å². The number of carbonyl (C=O) groups is 1. The second-order valence-corrected chi connectivity index (χ2v) is 7.04. The third-order valence-electron chi connectivity index (χ3n) is 3.49. The minimum Gasteiger partial charge on any atom is -0.288 e. The van der Waals surface area contributed by atoms with E-state index in [4.69, 9.17) is 0 Å². The van der Waals surface area contributed by atoms with Crippen LogP contribution in [0.3, 0.4) is 0 Å². The van der Waals surface area contributed by atoms with Crippen molar-refractivity contribution in [2.75, 3.05) is 0 Å². The first-order valence-electron chi connectivity index (χ1n) is 6.67. The zero-order valence-electron chi connectivity index (χ0n) is 12.9. The highest BCUT2D eigenvalue weighted by atomic mass is 32.1. The molecule has 0 radical (unpaired) electrons. The van der Waals surface area contributed by atoms with Gasteiger partial charge in [-0.2, -0.15) is 0 Å². The molecule has 1 heterocycles. The summed E-state index contributed by atoms with van der Waals surface area (Å²) in [5.41, 5.74) is 4.71. The van der Waals surface area contributed by atoms with Crippen LogP contribution in [0.1, 0.15) is 58.4 Å². The van der Waals surface area contributed by atoms with Gasteiger partial charge < -0.3 is 0 Å². The Hall–Kier alpha value is -1.55. The Labute approximate surface area is 124 Å². The van der Waals surface area contributed by atoms with E-state index in [0.29, 0.717) is 4.88 Å². The molecule has 20 heavy (non-hydrogen) atoms. The van der Waals surface area contributed by atoms with Gasteiger partial charge in [-0.05, 0) is 55.1 Å². The van der Waals surface area contributed by atoms with Crippen molar-refractivity contribution in [2.45, 2.75) is 47.0 Å². The fourth-order valence-electron chi connectivity index (χ4n) is 2.16. The quantitative estimate of drug-likeness (QED) is 0.785. The van der Waals surface area contributed by atoms with E-state index < -0.39 is 0 Å². The highest BCUT2D eigenvalue weighted by molar-refractivity contribution is 7.08. The van der Waals surface area contributed by atoms with E-state index in [9.17, 15) is 4.79 Å². The Morgan fingerprint density at radius 3 is 2.25 bits per heavy atom. The van der Waals surface area contributed by atoms with Crippen molar-refractivity contribution in [1.29, 1.82) is 0 Å². The van der Waals surface area contributed by atoms with E-state index in [1.165, 1.54) is 17.1 Å². The molecular formula is C16H20N2OS. The van der Waals surface area contributed by atoms with Crippen LogP contribution in [0.2, 0.25) is 0 Å². The van der Waals surface area contributed by atoms with Crippen LogP contribution in [0.25, 0.3) is 0 Å². The lowest BCUT2D eigenvalue weighted by molar-refractivity contribution is 0.103. The second kappa shape index (κ2) is 5.09. The lowest BCUT2D eigenvalue weighted by Gasteiger charge is -2.16. The minimum absolute atomic E-state index is 0.0329. The zero-order chi connectivity index (χ0) is 15.1. The molecule has 0 N–H and O–H groups in total. The smallest absolute Gasteiger partial charge is 0.206 e. The summed E-state index contributed by atoms with van der Waals surface area (Å²) < 4.78 is 3.98. The van der Waals surface area contributed by atoms with Gasteiger partial charge in [-0.15, -0.1) is 5.10 Å². The molecule has 3 nitrogen and oxygen atoms in total. The van der Waals surface area contributed by atoms with Crippen molar-refractivity contribution in [3.05, 3.63) is 45.0 Å². The van der Waals surface area contributed by atoms with Gasteiger partial charge in [0.15, 0.2) is 0 Å². The number of ketones is 1. The molecule has 1 aromatic heterocycles. The van der Waals surface area contributed by atoms with E-state index in [0.717, 1.165) is 22.4 Å². The normalized spacial score (nSPS) is 11.7. The van der Waals surface area contributed by atoms with Gasteiger partial charge in [-0.1, -0.05) is 31.3 Å². The first kappa shape index (κ1) is 14.9. The summed E-state index contributed by atoms with van der Waals surface area (Å²) in [6.07, 6.45) is 0. The molecule has 2 rings (SSSR count). The van der Waals surface area contributed by atoms with Gasteiger partial charge in [-0.3, -0.25) is 4.79 Å². The Bertz CT molecular complexity index is 666. The molecule has 0 aliphatic heterocycles. The lowest BCUT2D eigenvalue weighted by Crippen LogP contribution is -2.17. The summed E-state index contributed by atoms with van der Waals surface area (Å²) in [6, 6.07) is 4.03. The van der Waals surface area contributed by atoms with Gasteiger partial charge in [0.2, 0.25) is 5.78 Å². The highest BCUT2D eigenvalue weighted by Gasteiger charge is 2.27. The maximum atomic E-state index is 12.8. The summed E-state index contributed by atoms with van der Waals surface area (Å²) in [7, 11) is 0. The third-order valence-corrected chi connectivity index (χ3v) is 4.21. The van der Waals surface area contributed by atoms with Crippen LogP contribution in [0.4, 0.5) is 0 Å². The summed E-state index contributed by atoms with van der Waals surface area (Å²) in [5.74, 6) is 0.0329. The van der Waals surface area contributed by atoms with Crippen LogP contribution in [-0.4, -0.2) is 15.4 Å². The van der Waals surface area contributed by atoms with Crippen molar-refractivity contribution in [3.63, 3.8) is 0 Å². The molecule has 1 aromatic carbocycles. The topological polar surface area (TPSA) is 42.9 Å². The van der Waals surface area contributed by atoms with Crippen LogP contribution in [0, 0.1) is 20.8 Å². The van der Waals surface area contributed by atoms with E-state index in [1.807, 2.05) is 40.7 Å². The number of carbonyl (C=O) groups excluding carboxylic acids is 1. The molecule has 0 saturated heterocycles. The van der Waals surface area contributed by atoms with Crippen LogP contribution in [-0.2, 0) is 5.41 Å². The summed E-state index contributed by atoms with van der Waals surface area (Å²) in [4.78, 5) is 13.4. The van der Waals surface area contributed by atoms with Crippen molar-refractivity contribution in [3.8, 4) is 0 Å². The van der Waals surface area contributed by atoms with E-state index >= 15 is 0 Å². The Morgan fingerprint density at radius 1 is 1.05 bits per heavy atom. The minimum atomic E-state index is -0.175. The molecular weight excluding hydrogens is 268 g/mol. The molecule has 0 unspecified atom stereocenters. The maximum absolute atomic E-state index is 12.8. The molecule has 0 atom stereocenters. The van der Waals surface area contributed by atoms with E-state index in [-0.39, 0.29) is 11.2 Å². The fourth-order valence-corrected chi connectivity index (χ4v) is 2.99. The van der Waals surface area contributed by atoms with Crippen LogP contribution in [0.5, 0.6) is 0 Å². The molecule has 4 heteroatoms. The lowest BCUT2D eigenvalue weighted by atomic mass is 9.89. The van der Waals surface area contributed by atoms with E-state index in [2.05, 4.69) is 22.6 Å². The molecule has 0 aliphatic carbocycles. The fraction of sp³-hybridized carbons (Fsp3) is 0.438. The number of hydrogen-bond donors (Lipinski definition) is 0. The molecule has 0 aliphatic rings. The van der Waals surface area contributed by atoms with Crippen molar-refractivity contribution >= 4 is 17.3 Å². The Kier molecular flexibility index (Phi) is 3.78. The highest BCUT2D eigenvalue weighted by Crippen LogP contribution is 2.29. The predicted molar refractivity (Wildman–Crippen MR) is 82.7 cm³/mol. The van der Waals surface area contributed by atoms with Crippen molar-refractivity contribution < 1.29 is 4.79 Å². The molecule has 2 aromatic rings. The molecule has 106 valence electrons. The maximum Gasteiger partial charge on any atom is 0.206 e. The van der Waals surface area contributed by atoms with Gasteiger partial charge in [0.25, 0.3) is 0 Å². The van der Waals surface area contributed by atoms with Gasteiger partial charge >= 0.3 is 0 Å². The van der Waals surface area contributed by atoms with E-state index in [1.54, 1.807) is 0 Å². The number of benzene rings is 1. The van der Waals surface area contributed by atoms with Gasteiger partial charge in [-0.25, -0.2) is 0 Å². The van der Waals surface area contributed by atoms with Crippen molar-refractivity contribution in [2.24, 2.45) is 0 Å². The summed E-state index contributed by atoms with van der Waals surface area (Å²) in [5, 5.41) is 4.15. The Balaban J connectivity index is 2.53. The average molecular weight is 288 g/mol. The molecule has 0 fully saturated rings. The number of hydrogen-bond acceptors (Lipinski definition) is 4. The first-order chi connectivity index (χ1) is 9.21. The zero-order valence-corrected chi connectivity index (χ0v) is 13.7. The number of aromatic nitrogens is 2. The van der Waals surface area contributed by atoms with Gasteiger partial charge in [0.05, 0.1) is 5.69 Å². The standard InChI is InChI=1S/C16H20N2OS/c1-9-7-11(3)12(8-10(9)2)13(19)14-15(16(4,5)6)17-18-20-14/h7-8H,1-6H3.